The number of alkyl halides is 3. The van der Waals surface area contributed by atoms with Crippen LogP contribution in [0.4, 0.5) is 8.78 Å². The van der Waals surface area contributed by atoms with Crippen LogP contribution in [0, 0.1) is 0 Å². The molecular weight excluding hydrogens is 137 g/mol. The van der Waals surface area contributed by atoms with Crippen LogP contribution >= 0.6 is 11.6 Å². The molecule has 0 aromatic carbocycles. The molecule has 0 radical (unpaired) electrons. The van der Waals surface area contributed by atoms with Gasteiger partial charge in [-0.05, 0) is 6.92 Å². The first-order chi connectivity index (χ1) is 3.50. The third-order valence-electron chi connectivity index (χ3n) is 0.789. The fourth-order valence-electron chi connectivity index (χ4n) is 0.112. The Morgan fingerprint density at radius 1 is 1.75 bits per heavy atom. The van der Waals surface area contributed by atoms with E-state index < -0.39 is 17.9 Å². The summed E-state index contributed by atoms with van der Waals surface area (Å²) in [7, 11) is 0. The third kappa shape index (κ3) is 1.92. The molecule has 0 rings (SSSR count). The van der Waals surface area contributed by atoms with Gasteiger partial charge in [0.25, 0.3) is 5.92 Å². The lowest BCUT2D eigenvalue weighted by Crippen LogP contribution is -2.32. The highest BCUT2D eigenvalue weighted by Gasteiger charge is 2.33. The van der Waals surface area contributed by atoms with Crippen LogP contribution in [0.15, 0.2) is 0 Å². The van der Waals surface area contributed by atoms with Crippen LogP contribution in [0.2, 0.25) is 0 Å². The van der Waals surface area contributed by atoms with Crippen molar-refractivity contribution in [2.75, 3.05) is 5.88 Å². The molecule has 0 heterocycles. The van der Waals surface area contributed by atoms with Crippen molar-refractivity contribution < 1.29 is 13.9 Å². The Labute approximate surface area is 51.3 Å². The summed E-state index contributed by atoms with van der Waals surface area (Å²) < 4.78 is 23.8. The molecule has 0 saturated heterocycles. The van der Waals surface area contributed by atoms with Gasteiger partial charge in [0, 0.05) is 0 Å². The van der Waals surface area contributed by atoms with E-state index in [1.165, 1.54) is 0 Å². The van der Waals surface area contributed by atoms with Crippen molar-refractivity contribution in [3.63, 3.8) is 0 Å². The summed E-state index contributed by atoms with van der Waals surface area (Å²) in [5, 5.41) is 8.25. The Balaban J connectivity index is 3.71. The molecule has 0 aromatic heterocycles. The second-order valence-corrected chi connectivity index (χ2v) is 1.84. The van der Waals surface area contributed by atoms with Crippen LogP contribution in [-0.4, -0.2) is 23.0 Å². The largest absolute Gasteiger partial charge is 0.387 e. The molecule has 8 heavy (non-hydrogen) atoms. The smallest absolute Gasteiger partial charge is 0.286 e. The van der Waals surface area contributed by atoms with Gasteiger partial charge in [0.15, 0.2) is 0 Å². The molecule has 0 aliphatic heterocycles. The zero-order chi connectivity index (χ0) is 6.78. The van der Waals surface area contributed by atoms with Gasteiger partial charge < -0.3 is 5.11 Å². The zero-order valence-electron chi connectivity index (χ0n) is 4.37. The Kier molecular flexibility index (Phi) is 2.63. The van der Waals surface area contributed by atoms with Crippen molar-refractivity contribution >= 4 is 11.6 Å². The fourth-order valence-corrected chi connectivity index (χ4v) is 0.335. The predicted octanol–water partition coefficient (Wildman–Crippen LogP) is 1.24. The number of hydrogen-bond acceptors (Lipinski definition) is 1. The van der Waals surface area contributed by atoms with E-state index in [1.807, 2.05) is 0 Å². The SMILES string of the molecule is CC(O)C(F)(F)CCl. The molecule has 0 amide bonds. The minimum absolute atomic E-state index is 0.829. The zero-order valence-corrected chi connectivity index (χ0v) is 5.12. The first-order valence-electron chi connectivity index (χ1n) is 2.12. The number of halogens is 3. The van der Waals surface area contributed by atoms with Gasteiger partial charge in [-0.25, -0.2) is 8.78 Å². The van der Waals surface area contributed by atoms with Crippen LogP contribution in [0.5, 0.6) is 0 Å². The van der Waals surface area contributed by atoms with Crippen LogP contribution in [0.3, 0.4) is 0 Å². The van der Waals surface area contributed by atoms with Crippen molar-refractivity contribution in [2.45, 2.75) is 19.0 Å². The van der Waals surface area contributed by atoms with Crippen LogP contribution < -0.4 is 0 Å². The van der Waals surface area contributed by atoms with Gasteiger partial charge in [-0.3, -0.25) is 0 Å². The maximum absolute atomic E-state index is 11.9. The van der Waals surface area contributed by atoms with E-state index in [0.717, 1.165) is 6.92 Å². The maximum atomic E-state index is 11.9. The normalized spacial score (nSPS) is 16.1. The second kappa shape index (κ2) is 2.60. The molecule has 1 nitrogen and oxygen atoms in total. The summed E-state index contributed by atoms with van der Waals surface area (Å²) in [6.45, 7) is 1.00. The van der Waals surface area contributed by atoms with Crippen LogP contribution in [0.1, 0.15) is 6.92 Å². The minimum atomic E-state index is -3.14. The summed E-state index contributed by atoms with van der Waals surface area (Å²) in [6.07, 6.45) is -1.65. The average Bonchev–Trinajstić information content (AvgIpc) is 1.67. The van der Waals surface area contributed by atoms with Gasteiger partial charge in [0.2, 0.25) is 0 Å². The Morgan fingerprint density at radius 2 is 2.12 bits per heavy atom. The lowest BCUT2D eigenvalue weighted by molar-refractivity contribution is -0.0808. The van der Waals surface area contributed by atoms with Gasteiger partial charge in [-0.1, -0.05) is 0 Å². The number of aliphatic hydroxyl groups is 1. The summed E-state index contributed by atoms with van der Waals surface area (Å²) in [5.74, 6) is -3.97. The van der Waals surface area contributed by atoms with Crippen molar-refractivity contribution in [1.29, 1.82) is 0 Å². The Bertz CT molecular complexity index is 74.4. The van der Waals surface area contributed by atoms with Crippen LogP contribution in [-0.2, 0) is 0 Å². The summed E-state index contributed by atoms with van der Waals surface area (Å²) in [5.41, 5.74) is 0. The Morgan fingerprint density at radius 3 is 2.12 bits per heavy atom. The molecule has 0 aliphatic rings. The third-order valence-corrected chi connectivity index (χ3v) is 1.15. The molecule has 1 atom stereocenters. The number of hydrogen-bond donors (Lipinski definition) is 1. The standard InChI is InChI=1S/C4H7ClF2O/c1-3(8)4(6,7)2-5/h3,8H,2H2,1H3. The molecule has 1 unspecified atom stereocenters. The molecule has 0 aliphatic carbocycles. The highest BCUT2D eigenvalue weighted by Crippen LogP contribution is 2.19. The molecule has 1 N–H and O–H groups in total. The highest BCUT2D eigenvalue weighted by atomic mass is 35.5. The van der Waals surface area contributed by atoms with E-state index in [1.54, 1.807) is 0 Å². The van der Waals surface area contributed by atoms with E-state index in [-0.39, 0.29) is 0 Å². The first kappa shape index (κ1) is 8.11. The molecule has 0 bridgehead atoms. The maximum Gasteiger partial charge on any atom is 0.286 e. The fraction of sp³-hybridized carbons (Fsp3) is 1.00. The first-order valence-corrected chi connectivity index (χ1v) is 2.66. The molecule has 0 aromatic rings. The summed E-state index contributed by atoms with van der Waals surface area (Å²) in [6, 6.07) is 0. The van der Waals surface area contributed by atoms with E-state index in [9.17, 15) is 8.78 Å². The van der Waals surface area contributed by atoms with Crippen LogP contribution in [0.25, 0.3) is 0 Å². The molecule has 0 spiro atoms. The van der Waals surface area contributed by atoms with Gasteiger partial charge in [0.1, 0.15) is 6.10 Å². The highest BCUT2D eigenvalue weighted by molar-refractivity contribution is 6.18. The van der Waals surface area contributed by atoms with Crippen molar-refractivity contribution in [1.82, 2.24) is 0 Å². The lowest BCUT2D eigenvalue weighted by atomic mass is 10.2. The van der Waals surface area contributed by atoms with E-state index in [2.05, 4.69) is 0 Å². The van der Waals surface area contributed by atoms with Crippen molar-refractivity contribution in [3.8, 4) is 0 Å². The number of aliphatic hydroxyl groups excluding tert-OH is 1. The van der Waals surface area contributed by atoms with Gasteiger partial charge in [-0.2, -0.15) is 0 Å². The molecule has 0 saturated carbocycles. The quantitative estimate of drug-likeness (QED) is 0.579. The summed E-state index contributed by atoms with van der Waals surface area (Å²) >= 11 is 4.78. The molecule has 4 heteroatoms. The summed E-state index contributed by atoms with van der Waals surface area (Å²) in [4.78, 5) is 0. The number of rotatable bonds is 2. The van der Waals surface area contributed by atoms with E-state index >= 15 is 0 Å². The van der Waals surface area contributed by atoms with Gasteiger partial charge in [-0.15, -0.1) is 11.6 Å². The average molecular weight is 145 g/mol. The van der Waals surface area contributed by atoms with Gasteiger partial charge in [0.05, 0.1) is 5.88 Å². The molecule has 50 valence electrons. The second-order valence-electron chi connectivity index (χ2n) is 1.57. The van der Waals surface area contributed by atoms with Crippen molar-refractivity contribution in [3.05, 3.63) is 0 Å². The monoisotopic (exact) mass is 144 g/mol. The lowest BCUT2D eigenvalue weighted by Gasteiger charge is -2.14. The Hall–Kier alpha value is 0.110. The topological polar surface area (TPSA) is 20.2 Å². The van der Waals surface area contributed by atoms with E-state index in [0.29, 0.717) is 0 Å². The van der Waals surface area contributed by atoms with Crippen molar-refractivity contribution in [2.24, 2.45) is 0 Å². The molecular formula is C4H7ClF2O. The minimum Gasteiger partial charge on any atom is -0.387 e. The molecule has 0 fully saturated rings. The van der Waals surface area contributed by atoms with Gasteiger partial charge >= 0.3 is 0 Å². The van der Waals surface area contributed by atoms with E-state index in [4.69, 9.17) is 16.7 Å². The predicted molar refractivity (Wildman–Crippen MR) is 27.3 cm³/mol.